The van der Waals surface area contributed by atoms with Gasteiger partial charge in [0, 0.05) is 30.9 Å². The Kier molecular flexibility index (Phi) is 4.04. The van der Waals surface area contributed by atoms with E-state index in [-0.39, 0.29) is 0 Å². The summed E-state index contributed by atoms with van der Waals surface area (Å²) in [6.07, 6.45) is 3.65. The predicted molar refractivity (Wildman–Crippen MR) is 85.0 cm³/mol. The molecule has 116 valence electrons. The standard InChI is InChI=1S/C15H21N7/c1-4-13-10-15(22-14(19-13)6-8-17-22)16-7-5-9-21-12(3)18-11(2)20-21/h6,8,10,16H,4-5,7,9H2,1-3H3. The predicted octanol–water partition coefficient (Wildman–Crippen LogP) is 2.00. The lowest BCUT2D eigenvalue weighted by Crippen LogP contribution is -2.12. The zero-order chi connectivity index (χ0) is 15.5. The van der Waals surface area contributed by atoms with Crippen LogP contribution in [-0.2, 0) is 13.0 Å². The topological polar surface area (TPSA) is 72.9 Å². The first-order valence-electron chi connectivity index (χ1n) is 7.63. The fourth-order valence-electron chi connectivity index (χ4n) is 2.49. The van der Waals surface area contributed by atoms with Crippen molar-refractivity contribution in [2.24, 2.45) is 0 Å². The summed E-state index contributed by atoms with van der Waals surface area (Å²) in [5, 5.41) is 12.1. The number of aryl methyl sites for hydroxylation is 4. The number of nitrogens with zero attached hydrogens (tertiary/aromatic N) is 6. The molecule has 3 rings (SSSR count). The van der Waals surface area contributed by atoms with E-state index in [9.17, 15) is 0 Å². The molecule has 3 aromatic heterocycles. The van der Waals surface area contributed by atoms with Crippen LogP contribution < -0.4 is 5.32 Å². The number of hydrogen-bond acceptors (Lipinski definition) is 5. The summed E-state index contributed by atoms with van der Waals surface area (Å²) < 4.78 is 3.79. The SMILES string of the molecule is CCc1cc(NCCCn2nc(C)nc2C)n2nccc2n1. The van der Waals surface area contributed by atoms with E-state index in [1.165, 1.54) is 0 Å². The number of rotatable bonds is 6. The molecule has 0 fully saturated rings. The van der Waals surface area contributed by atoms with E-state index in [1.807, 2.05) is 29.1 Å². The number of anilines is 1. The molecule has 0 spiro atoms. The normalized spacial score (nSPS) is 11.2. The van der Waals surface area contributed by atoms with Gasteiger partial charge in [0.25, 0.3) is 0 Å². The molecule has 0 aliphatic carbocycles. The molecule has 3 heterocycles. The molecule has 0 aliphatic heterocycles. The van der Waals surface area contributed by atoms with Crippen LogP contribution in [-0.4, -0.2) is 35.9 Å². The van der Waals surface area contributed by atoms with Gasteiger partial charge in [-0.1, -0.05) is 6.92 Å². The van der Waals surface area contributed by atoms with Gasteiger partial charge in [0.1, 0.15) is 17.5 Å². The second kappa shape index (κ2) is 6.13. The number of nitrogens with one attached hydrogen (secondary N) is 1. The molecule has 0 bridgehead atoms. The molecule has 0 unspecified atom stereocenters. The Morgan fingerprint density at radius 3 is 2.82 bits per heavy atom. The lowest BCUT2D eigenvalue weighted by atomic mass is 10.3. The second-order valence-corrected chi connectivity index (χ2v) is 5.30. The van der Waals surface area contributed by atoms with Crippen molar-refractivity contribution in [2.45, 2.75) is 40.2 Å². The average Bonchev–Trinajstić information content (AvgIpc) is 3.09. The number of hydrogen-bond donors (Lipinski definition) is 1. The third-order valence-corrected chi connectivity index (χ3v) is 3.59. The maximum atomic E-state index is 4.54. The van der Waals surface area contributed by atoms with Crippen molar-refractivity contribution in [3.8, 4) is 0 Å². The van der Waals surface area contributed by atoms with Gasteiger partial charge in [0.15, 0.2) is 5.65 Å². The van der Waals surface area contributed by atoms with Crippen molar-refractivity contribution < 1.29 is 0 Å². The first-order valence-corrected chi connectivity index (χ1v) is 7.63. The minimum atomic E-state index is 0.824. The summed E-state index contributed by atoms with van der Waals surface area (Å²) in [5.74, 6) is 2.77. The molecule has 1 N–H and O–H groups in total. The first kappa shape index (κ1) is 14.5. The molecule has 3 aromatic rings. The van der Waals surface area contributed by atoms with Crippen LogP contribution in [0.3, 0.4) is 0 Å². The molecule has 22 heavy (non-hydrogen) atoms. The van der Waals surface area contributed by atoms with Gasteiger partial charge in [0.2, 0.25) is 0 Å². The Hall–Kier alpha value is -2.44. The van der Waals surface area contributed by atoms with E-state index in [2.05, 4.69) is 38.5 Å². The second-order valence-electron chi connectivity index (χ2n) is 5.30. The summed E-state index contributed by atoms with van der Waals surface area (Å²) in [6, 6.07) is 3.98. The fraction of sp³-hybridized carbons (Fsp3) is 0.467. The molecular formula is C15H21N7. The van der Waals surface area contributed by atoms with Crippen molar-refractivity contribution in [2.75, 3.05) is 11.9 Å². The van der Waals surface area contributed by atoms with Crippen LogP contribution >= 0.6 is 0 Å². The monoisotopic (exact) mass is 299 g/mol. The van der Waals surface area contributed by atoms with E-state index in [0.717, 1.165) is 54.7 Å². The number of aromatic nitrogens is 6. The highest BCUT2D eigenvalue weighted by molar-refractivity contribution is 5.49. The third-order valence-electron chi connectivity index (χ3n) is 3.59. The Morgan fingerprint density at radius 1 is 1.23 bits per heavy atom. The summed E-state index contributed by atoms with van der Waals surface area (Å²) in [5.41, 5.74) is 1.95. The summed E-state index contributed by atoms with van der Waals surface area (Å²) >= 11 is 0. The Bertz CT molecular complexity index is 771. The highest BCUT2D eigenvalue weighted by Gasteiger charge is 2.06. The summed E-state index contributed by atoms with van der Waals surface area (Å²) in [4.78, 5) is 8.86. The summed E-state index contributed by atoms with van der Waals surface area (Å²) in [7, 11) is 0. The van der Waals surface area contributed by atoms with Crippen molar-refractivity contribution in [1.29, 1.82) is 0 Å². The third kappa shape index (κ3) is 2.93. The van der Waals surface area contributed by atoms with Crippen LogP contribution in [0.1, 0.15) is 30.7 Å². The molecule has 7 nitrogen and oxygen atoms in total. The fourth-order valence-corrected chi connectivity index (χ4v) is 2.49. The average molecular weight is 299 g/mol. The van der Waals surface area contributed by atoms with Crippen molar-refractivity contribution in [1.82, 2.24) is 29.4 Å². The molecular weight excluding hydrogens is 278 g/mol. The Morgan fingerprint density at radius 2 is 2.09 bits per heavy atom. The number of fused-ring (bicyclic) bond motifs is 1. The molecule has 0 saturated heterocycles. The van der Waals surface area contributed by atoms with Gasteiger partial charge in [-0.3, -0.25) is 4.68 Å². The van der Waals surface area contributed by atoms with Crippen LogP contribution in [0, 0.1) is 13.8 Å². The van der Waals surface area contributed by atoms with Gasteiger partial charge < -0.3 is 5.32 Å². The van der Waals surface area contributed by atoms with E-state index in [4.69, 9.17) is 0 Å². The first-order chi connectivity index (χ1) is 10.7. The Balaban J connectivity index is 1.64. The molecule has 0 saturated carbocycles. The van der Waals surface area contributed by atoms with Gasteiger partial charge in [0.05, 0.1) is 6.20 Å². The van der Waals surface area contributed by atoms with Crippen molar-refractivity contribution in [3.63, 3.8) is 0 Å². The minimum absolute atomic E-state index is 0.824. The van der Waals surface area contributed by atoms with E-state index in [1.54, 1.807) is 6.20 Å². The summed E-state index contributed by atoms with van der Waals surface area (Å²) in [6.45, 7) is 7.71. The molecule has 0 atom stereocenters. The maximum Gasteiger partial charge on any atom is 0.157 e. The minimum Gasteiger partial charge on any atom is -0.370 e. The smallest absolute Gasteiger partial charge is 0.157 e. The molecule has 7 heteroatoms. The van der Waals surface area contributed by atoms with Crippen LogP contribution in [0.15, 0.2) is 18.3 Å². The van der Waals surface area contributed by atoms with Crippen molar-refractivity contribution in [3.05, 3.63) is 35.7 Å². The lowest BCUT2D eigenvalue weighted by Gasteiger charge is -2.10. The van der Waals surface area contributed by atoms with Gasteiger partial charge >= 0.3 is 0 Å². The van der Waals surface area contributed by atoms with Crippen LogP contribution in [0.25, 0.3) is 5.65 Å². The van der Waals surface area contributed by atoms with Crippen LogP contribution in [0.2, 0.25) is 0 Å². The zero-order valence-corrected chi connectivity index (χ0v) is 13.2. The molecule has 0 aromatic carbocycles. The maximum absolute atomic E-state index is 4.54. The zero-order valence-electron chi connectivity index (χ0n) is 13.2. The molecule has 0 radical (unpaired) electrons. The van der Waals surface area contributed by atoms with Gasteiger partial charge in [-0.05, 0) is 26.7 Å². The largest absolute Gasteiger partial charge is 0.370 e. The lowest BCUT2D eigenvalue weighted by molar-refractivity contribution is 0.571. The van der Waals surface area contributed by atoms with E-state index in [0.29, 0.717) is 0 Å². The van der Waals surface area contributed by atoms with E-state index < -0.39 is 0 Å². The molecule has 0 aliphatic rings. The Labute approximate surface area is 129 Å². The van der Waals surface area contributed by atoms with E-state index >= 15 is 0 Å². The van der Waals surface area contributed by atoms with Crippen molar-refractivity contribution >= 4 is 11.5 Å². The van der Waals surface area contributed by atoms with Crippen LogP contribution in [0.4, 0.5) is 5.82 Å². The van der Waals surface area contributed by atoms with Gasteiger partial charge in [-0.15, -0.1) is 0 Å². The quantitative estimate of drug-likeness (QED) is 0.705. The van der Waals surface area contributed by atoms with Gasteiger partial charge in [-0.25, -0.2) is 9.97 Å². The van der Waals surface area contributed by atoms with Crippen LogP contribution in [0.5, 0.6) is 0 Å². The highest BCUT2D eigenvalue weighted by atomic mass is 15.3. The highest BCUT2D eigenvalue weighted by Crippen LogP contribution is 2.12. The van der Waals surface area contributed by atoms with Gasteiger partial charge in [-0.2, -0.15) is 14.7 Å². The molecule has 0 amide bonds.